The molecule has 1 heterocycles. The Labute approximate surface area is 176 Å². The van der Waals surface area contributed by atoms with Crippen molar-refractivity contribution in [3.05, 3.63) is 71.3 Å². The molecule has 0 spiro atoms. The highest BCUT2D eigenvalue weighted by Gasteiger charge is 2.50. The number of hydrogen-bond acceptors (Lipinski definition) is 7. The number of thiocarbonyl (C=S) groups is 1. The van der Waals surface area contributed by atoms with Crippen molar-refractivity contribution in [3.8, 4) is 12.1 Å². The molecule has 7 nitrogen and oxygen atoms in total. The van der Waals surface area contributed by atoms with E-state index in [1.807, 2.05) is 42.5 Å². The number of benzene rings is 2. The highest BCUT2D eigenvalue weighted by atomic mass is 32.2. The lowest BCUT2D eigenvalue weighted by atomic mass is 9.97. The van der Waals surface area contributed by atoms with Crippen molar-refractivity contribution < 1.29 is 4.79 Å². The van der Waals surface area contributed by atoms with E-state index in [0.717, 1.165) is 17.4 Å². The average molecular weight is 416 g/mol. The minimum Gasteiger partial charge on any atom is -0.331 e. The molecule has 0 aromatic heterocycles. The summed E-state index contributed by atoms with van der Waals surface area (Å²) in [6, 6.07) is 20.3. The molecule has 0 bridgehead atoms. The number of ketones is 1. The lowest BCUT2D eigenvalue weighted by Crippen LogP contribution is -2.45. The van der Waals surface area contributed by atoms with E-state index in [4.69, 9.17) is 12.2 Å². The van der Waals surface area contributed by atoms with E-state index in [1.165, 1.54) is 0 Å². The van der Waals surface area contributed by atoms with Crippen LogP contribution >= 0.6 is 24.0 Å². The number of nitrogens with zero attached hydrogens (tertiary/aromatic N) is 3. The SMILES string of the molecule is N#CC1(C#N)SC(NNC(=S)Nc2ccccc2)=NC2=C1C(=O)c1ccccc12. The van der Waals surface area contributed by atoms with Crippen LogP contribution in [0.3, 0.4) is 0 Å². The Bertz CT molecular complexity index is 1160. The molecule has 0 fully saturated rings. The van der Waals surface area contributed by atoms with Crippen LogP contribution in [0.2, 0.25) is 0 Å². The molecule has 0 amide bonds. The van der Waals surface area contributed by atoms with Gasteiger partial charge in [0, 0.05) is 16.8 Å². The van der Waals surface area contributed by atoms with Crippen molar-refractivity contribution in [2.45, 2.75) is 4.75 Å². The lowest BCUT2D eigenvalue weighted by Gasteiger charge is -2.25. The van der Waals surface area contributed by atoms with E-state index in [9.17, 15) is 15.3 Å². The molecular weight excluding hydrogens is 404 g/mol. The maximum absolute atomic E-state index is 12.8. The molecule has 0 saturated carbocycles. The van der Waals surface area contributed by atoms with Crippen LogP contribution in [0.4, 0.5) is 5.69 Å². The first kappa shape index (κ1) is 18.7. The van der Waals surface area contributed by atoms with Gasteiger partial charge in [0.15, 0.2) is 16.1 Å². The first-order valence-corrected chi connectivity index (χ1v) is 9.67. The molecule has 140 valence electrons. The molecule has 0 radical (unpaired) electrons. The number of hydrazine groups is 1. The summed E-state index contributed by atoms with van der Waals surface area (Å²) in [6.45, 7) is 0. The zero-order chi connectivity index (χ0) is 20.4. The Balaban J connectivity index is 1.61. The standard InChI is InChI=1S/C20H12N6OS2/c21-10-20(11-22)15-16(13-8-4-5-9-14(13)17(15)27)24-19(29-20)26-25-18(28)23-12-6-2-1-3-7-12/h1-9H,(H,24,26)(H2,23,25,28). The van der Waals surface area contributed by atoms with Crippen LogP contribution in [0.15, 0.2) is 65.2 Å². The Morgan fingerprint density at radius 3 is 2.38 bits per heavy atom. The van der Waals surface area contributed by atoms with Crippen molar-refractivity contribution in [2.24, 2.45) is 4.99 Å². The molecule has 0 unspecified atom stereocenters. The van der Waals surface area contributed by atoms with Crippen molar-refractivity contribution in [2.75, 3.05) is 5.32 Å². The molecule has 1 aliphatic carbocycles. The number of rotatable bonds is 1. The first-order chi connectivity index (χ1) is 14.1. The van der Waals surface area contributed by atoms with Crippen LogP contribution in [-0.2, 0) is 0 Å². The second kappa shape index (κ2) is 7.40. The van der Waals surface area contributed by atoms with Gasteiger partial charge < -0.3 is 5.32 Å². The first-order valence-electron chi connectivity index (χ1n) is 8.45. The average Bonchev–Trinajstić information content (AvgIpc) is 3.05. The summed E-state index contributed by atoms with van der Waals surface area (Å²) in [5.41, 5.74) is 7.90. The summed E-state index contributed by atoms with van der Waals surface area (Å²) < 4.78 is -1.70. The molecular formula is C20H12N6OS2. The van der Waals surface area contributed by atoms with Gasteiger partial charge in [-0.25, -0.2) is 4.99 Å². The second-order valence-corrected chi connectivity index (χ2v) is 7.70. The highest BCUT2D eigenvalue weighted by Crippen LogP contribution is 2.47. The number of amidine groups is 1. The molecule has 2 aliphatic rings. The molecule has 29 heavy (non-hydrogen) atoms. The highest BCUT2D eigenvalue weighted by molar-refractivity contribution is 8.15. The summed E-state index contributed by atoms with van der Waals surface area (Å²) in [7, 11) is 0. The van der Waals surface area contributed by atoms with Gasteiger partial charge in [-0.05, 0) is 36.1 Å². The molecule has 2 aromatic carbocycles. The Morgan fingerprint density at radius 1 is 1.03 bits per heavy atom. The third kappa shape index (κ3) is 3.23. The fraction of sp³-hybridized carbons (Fsp3) is 0.0500. The van der Waals surface area contributed by atoms with Crippen LogP contribution in [0.5, 0.6) is 0 Å². The maximum atomic E-state index is 12.8. The van der Waals surface area contributed by atoms with Crippen molar-refractivity contribution in [1.29, 1.82) is 10.5 Å². The number of hydrogen-bond donors (Lipinski definition) is 3. The van der Waals surface area contributed by atoms with Gasteiger partial charge in [0.25, 0.3) is 0 Å². The smallest absolute Gasteiger partial charge is 0.226 e. The number of carbonyl (C=O) groups is 1. The third-order valence-corrected chi connectivity index (χ3v) is 5.62. The fourth-order valence-corrected chi connectivity index (χ4v) is 4.14. The second-order valence-electron chi connectivity index (χ2n) is 6.09. The van der Waals surface area contributed by atoms with E-state index < -0.39 is 4.75 Å². The number of thioether (sulfide) groups is 1. The van der Waals surface area contributed by atoms with E-state index in [0.29, 0.717) is 16.8 Å². The van der Waals surface area contributed by atoms with Gasteiger partial charge in [-0.2, -0.15) is 10.5 Å². The number of anilines is 1. The van der Waals surface area contributed by atoms with Crippen LogP contribution in [-0.4, -0.2) is 20.8 Å². The van der Waals surface area contributed by atoms with Gasteiger partial charge in [-0.3, -0.25) is 15.6 Å². The summed E-state index contributed by atoms with van der Waals surface area (Å²) >= 11 is 6.11. The number of Topliss-reactive ketones (excluding diaryl/α,β-unsaturated/α-hetero) is 1. The van der Waals surface area contributed by atoms with Crippen LogP contribution in [0.25, 0.3) is 5.70 Å². The van der Waals surface area contributed by atoms with Gasteiger partial charge >= 0.3 is 0 Å². The van der Waals surface area contributed by atoms with Gasteiger partial charge in [0.1, 0.15) is 12.1 Å². The van der Waals surface area contributed by atoms with E-state index in [1.54, 1.807) is 24.3 Å². The van der Waals surface area contributed by atoms with E-state index >= 15 is 0 Å². The van der Waals surface area contributed by atoms with Crippen LogP contribution < -0.4 is 16.2 Å². The maximum Gasteiger partial charge on any atom is 0.226 e. The van der Waals surface area contributed by atoms with Crippen molar-refractivity contribution >= 4 is 51.4 Å². The predicted octanol–water partition coefficient (Wildman–Crippen LogP) is 2.97. The summed E-state index contributed by atoms with van der Waals surface area (Å²) in [5.74, 6) is -0.344. The topological polar surface area (TPSA) is 113 Å². The van der Waals surface area contributed by atoms with Gasteiger partial charge in [0.2, 0.25) is 4.75 Å². The number of carbonyl (C=O) groups excluding carboxylic acids is 1. The van der Waals surface area contributed by atoms with Crippen LogP contribution in [0, 0.1) is 22.7 Å². The lowest BCUT2D eigenvalue weighted by molar-refractivity contribution is 0.103. The largest absolute Gasteiger partial charge is 0.331 e. The Hall–Kier alpha value is -3.66. The summed E-state index contributed by atoms with van der Waals surface area (Å²) in [5, 5.41) is 23.0. The zero-order valence-electron chi connectivity index (χ0n) is 14.8. The van der Waals surface area contributed by atoms with Crippen molar-refractivity contribution in [3.63, 3.8) is 0 Å². The number of aliphatic imine (C=N–C) groups is 1. The van der Waals surface area contributed by atoms with Gasteiger partial charge in [0.05, 0.1) is 11.3 Å². The number of nitrogens with one attached hydrogen (secondary N) is 3. The number of nitriles is 2. The molecule has 3 N–H and O–H groups in total. The fourth-order valence-electron chi connectivity index (χ4n) is 3.06. The minimum absolute atomic E-state index is 0.101. The molecule has 9 heteroatoms. The number of fused-ring (bicyclic) bond motifs is 2. The molecule has 4 rings (SSSR count). The monoisotopic (exact) mass is 416 g/mol. The summed E-state index contributed by atoms with van der Waals surface area (Å²) in [4.78, 5) is 17.3. The molecule has 1 aliphatic heterocycles. The van der Waals surface area contributed by atoms with Crippen LogP contribution in [0.1, 0.15) is 15.9 Å². The zero-order valence-corrected chi connectivity index (χ0v) is 16.4. The quantitative estimate of drug-likeness (QED) is 0.480. The van der Waals surface area contributed by atoms with Gasteiger partial charge in [-0.1, -0.05) is 42.5 Å². The van der Waals surface area contributed by atoms with E-state index in [2.05, 4.69) is 21.2 Å². The van der Waals surface area contributed by atoms with E-state index in [-0.39, 0.29) is 21.6 Å². The third-order valence-electron chi connectivity index (χ3n) is 4.34. The van der Waals surface area contributed by atoms with Gasteiger partial charge in [-0.15, -0.1) is 0 Å². The summed E-state index contributed by atoms with van der Waals surface area (Å²) in [6.07, 6.45) is 0. The number of para-hydroxylation sites is 1. The molecule has 0 atom stereocenters. The predicted molar refractivity (Wildman–Crippen MR) is 116 cm³/mol. The Morgan fingerprint density at radius 2 is 1.69 bits per heavy atom. The van der Waals surface area contributed by atoms with Crippen molar-refractivity contribution in [1.82, 2.24) is 10.9 Å². The molecule has 0 saturated heterocycles. The normalized spacial score (nSPS) is 15.9. The minimum atomic E-state index is -1.70. The Kier molecular flexibility index (Phi) is 4.77. The molecule has 2 aromatic rings.